The van der Waals surface area contributed by atoms with Gasteiger partial charge < -0.3 is 19.5 Å². The van der Waals surface area contributed by atoms with Crippen LogP contribution >= 0.6 is 11.8 Å². The first kappa shape index (κ1) is 25.0. The van der Waals surface area contributed by atoms with Crippen LogP contribution in [-0.4, -0.2) is 51.5 Å². The van der Waals surface area contributed by atoms with Crippen LogP contribution in [0.2, 0.25) is 0 Å². The Labute approximate surface area is 210 Å². The number of carbonyl (C=O) groups is 1. The number of carbonyl (C=O) groups excluding carboxylic acids is 1. The van der Waals surface area contributed by atoms with Crippen LogP contribution in [0.4, 0.5) is 11.4 Å². The van der Waals surface area contributed by atoms with Gasteiger partial charge in [0.15, 0.2) is 16.6 Å². The van der Waals surface area contributed by atoms with Crippen molar-refractivity contribution in [3.63, 3.8) is 0 Å². The van der Waals surface area contributed by atoms with Crippen LogP contribution in [0, 0.1) is 17.0 Å². The SMILES string of the molecule is CCOc1cc([N+](=O)[O-])c(OCC)cc1NC(=O)CSc1nnc2c(C)cc3cc(OC)ccc3n12. The van der Waals surface area contributed by atoms with Crippen LogP contribution in [0.25, 0.3) is 16.6 Å². The van der Waals surface area contributed by atoms with Gasteiger partial charge in [-0.2, -0.15) is 0 Å². The number of nitrogens with zero attached hydrogens (tertiary/aromatic N) is 4. The summed E-state index contributed by atoms with van der Waals surface area (Å²) in [5, 5.41) is 24.3. The molecule has 2 heterocycles. The molecule has 4 rings (SSSR count). The molecular weight excluding hydrogens is 486 g/mol. The van der Waals surface area contributed by atoms with Gasteiger partial charge in [-0.1, -0.05) is 11.8 Å². The molecule has 1 N–H and O–H groups in total. The number of amides is 1. The zero-order chi connectivity index (χ0) is 25.8. The first-order valence-electron chi connectivity index (χ1n) is 11.2. The number of anilines is 1. The van der Waals surface area contributed by atoms with Gasteiger partial charge in [-0.15, -0.1) is 10.2 Å². The number of nitrogens with one attached hydrogen (secondary N) is 1. The summed E-state index contributed by atoms with van der Waals surface area (Å²) >= 11 is 1.22. The van der Waals surface area contributed by atoms with Gasteiger partial charge >= 0.3 is 5.69 Å². The number of methoxy groups -OCH3 is 1. The third kappa shape index (κ3) is 4.98. The van der Waals surface area contributed by atoms with E-state index in [-0.39, 0.29) is 47.7 Å². The molecule has 0 spiro atoms. The van der Waals surface area contributed by atoms with Crippen LogP contribution in [0.15, 0.2) is 41.6 Å². The molecular formula is C24H25N5O6S. The predicted molar refractivity (Wildman–Crippen MR) is 137 cm³/mol. The summed E-state index contributed by atoms with van der Waals surface area (Å²) in [5.41, 5.74) is 2.58. The number of fused-ring (bicyclic) bond motifs is 3. The zero-order valence-corrected chi connectivity index (χ0v) is 21.0. The fourth-order valence-electron chi connectivity index (χ4n) is 3.76. The summed E-state index contributed by atoms with van der Waals surface area (Å²) < 4.78 is 18.2. The van der Waals surface area contributed by atoms with Crippen LogP contribution in [0.3, 0.4) is 0 Å². The minimum atomic E-state index is -0.548. The van der Waals surface area contributed by atoms with Gasteiger partial charge in [-0.3, -0.25) is 19.3 Å². The first-order chi connectivity index (χ1) is 17.4. The molecule has 0 bridgehead atoms. The van der Waals surface area contributed by atoms with Crippen LogP contribution in [-0.2, 0) is 4.79 Å². The lowest BCUT2D eigenvalue weighted by atomic mass is 10.1. The molecule has 0 fully saturated rings. The number of hydrogen-bond acceptors (Lipinski definition) is 9. The molecule has 0 saturated heterocycles. The molecule has 188 valence electrons. The average molecular weight is 512 g/mol. The minimum absolute atomic E-state index is 0.0267. The van der Waals surface area contributed by atoms with Crippen molar-refractivity contribution in [2.45, 2.75) is 25.9 Å². The third-order valence-corrected chi connectivity index (χ3v) is 6.23. The van der Waals surface area contributed by atoms with E-state index in [1.54, 1.807) is 21.0 Å². The summed E-state index contributed by atoms with van der Waals surface area (Å²) in [6.07, 6.45) is 0. The van der Waals surface area contributed by atoms with Crippen molar-refractivity contribution in [3.8, 4) is 17.2 Å². The van der Waals surface area contributed by atoms with E-state index in [1.165, 1.54) is 23.9 Å². The molecule has 36 heavy (non-hydrogen) atoms. The number of nitro benzene ring substituents is 1. The maximum Gasteiger partial charge on any atom is 0.314 e. The summed E-state index contributed by atoms with van der Waals surface area (Å²) in [6, 6.07) is 10.4. The van der Waals surface area contributed by atoms with Gasteiger partial charge in [0.25, 0.3) is 0 Å². The van der Waals surface area contributed by atoms with Gasteiger partial charge in [0.1, 0.15) is 11.5 Å². The molecule has 11 nitrogen and oxygen atoms in total. The van der Waals surface area contributed by atoms with E-state index in [0.717, 1.165) is 22.2 Å². The van der Waals surface area contributed by atoms with E-state index in [1.807, 2.05) is 35.6 Å². The number of ether oxygens (including phenoxy) is 3. The van der Waals surface area contributed by atoms with E-state index < -0.39 is 4.92 Å². The van der Waals surface area contributed by atoms with Crippen molar-refractivity contribution in [1.82, 2.24) is 14.6 Å². The second-order valence-electron chi connectivity index (χ2n) is 7.67. The Hall–Kier alpha value is -4.06. The quantitative estimate of drug-likeness (QED) is 0.184. The number of thioether (sulfide) groups is 1. The first-order valence-corrected chi connectivity index (χ1v) is 12.2. The standard InChI is InChI=1S/C24H25N5O6S/c1-5-34-20-12-19(29(31)32)21(35-6-2)11-17(20)25-22(30)13-36-24-27-26-23-14(3)9-15-10-16(33-4)7-8-18(15)28(23)24/h7-12H,5-6,13H2,1-4H3,(H,25,30). The van der Waals surface area contributed by atoms with Crippen molar-refractivity contribution >= 4 is 45.6 Å². The Morgan fingerprint density at radius 1 is 1.11 bits per heavy atom. The van der Waals surface area contributed by atoms with Gasteiger partial charge in [0.2, 0.25) is 5.91 Å². The molecule has 0 aliphatic heterocycles. The number of rotatable bonds is 10. The van der Waals surface area contributed by atoms with E-state index in [4.69, 9.17) is 14.2 Å². The smallest absolute Gasteiger partial charge is 0.314 e. The van der Waals surface area contributed by atoms with Crippen molar-refractivity contribution in [2.75, 3.05) is 31.4 Å². The molecule has 0 aliphatic rings. The second-order valence-corrected chi connectivity index (χ2v) is 8.61. The summed E-state index contributed by atoms with van der Waals surface area (Å²) in [5.74, 6) is 0.665. The zero-order valence-electron chi connectivity index (χ0n) is 20.2. The number of aryl methyl sites for hydroxylation is 1. The number of benzene rings is 2. The Balaban J connectivity index is 1.60. The fraction of sp³-hybridized carbons (Fsp3) is 0.292. The maximum atomic E-state index is 12.9. The topological polar surface area (TPSA) is 130 Å². The van der Waals surface area contributed by atoms with E-state index in [2.05, 4.69) is 15.5 Å². The third-order valence-electron chi connectivity index (χ3n) is 5.30. The molecule has 0 unspecified atom stereocenters. The Kier molecular flexibility index (Phi) is 7.44. The molecule has 12 heteroatoms. The molecule has 0 atom stereocenters. The second kappa shape index (κ2) is 10.7. The molecule has 2 aromatic carbocycles. The van der Waals surface area contributed by atoms with E-state index in [0.29, 0.717) is 10.8 Å². The van der Waals surface area contributed by atoms with Crippen LogP contribution < -0.4 is 19.5 Å². The highest BCUT2D eigenvalue weighted by Crippen LogP contribution is 2.38. The molecule has 2 aromatic heterocycles. The van der Waals surface area contributed by atoms with Gasteiger partial charge in [-0.05, 0) is 50.6 Å². The normalized spacial score (nSPS) is 11.0. The largest absolute Gasteiger partial charge is 0.497 e. The highest BCUT2D eigenvalue weighted by molar-refractivity contribution is 7.99. The summed E-state index contributed by atoms with van der Waals surface area (Å²) in [6.45, 7) is 5.92. The van der Waals surface area contributed by atoms with Gasteiger partial charge in [0, 0.05) is 11.5 Å². The average Bonchev–Trinajstić information content (AvgIpc) is 3.29. The molecule has 0 saturated carbocycles. The monoisotopic (exact) mass is 511 g/mol. The Morgan fingerprint density at radius 3 is 2.56 bits per heavy atom. The highest BCUT2D eigenvalue weighted by atomic mass is 32.2. The van der Waals surface area contributed by atoms with E-state index >= 15 is 0 Å². The van der Waals surface area contributed by atoms with Gasteiger partial charge in [-0.25, -0.2) is 0 Å². The Bertz CT molecular complexity index is 1450. The van der Waals surface area contributed by atoms with Gasteiger partial charge in [0.05, 0.1) is 48.3 Å². The maximum absolute atomic E-state index is 12.9. The summed E-state index contributed by atoms with van der Waals surface area (Å²) in [7, 11) is 1.62. The van der Waals surface area contributed by atoms with Crippen LogP contribution in [0.5, 0.6) is 17.2 Å². The Morgan fingerprint density at radius 2 is 1.86 bits per heavy atom. The number of aromatic nitrogens is 3. The minimum Gasteiger partial charge on any atom is -0.497 e. The van der Waals surface area contributed by atoms with Crippen molar-refractivity contribution < 1.29 is 23.9 Å². The fourth-order valence-corrected chi connectivity index (χ4v) is 4.51. The lowest BCUT2D eigenvalue weighted by Crippen LogP contribution is -2.16. The summed E-state index contributed by atoms with van der Waals surface area (Å²) in [4.78, 5) is 23.8. The molecule has 4 aromatic rings. The van der Waals surface area contributed by atoms with E-state index in [9.17, 15) is 14.9 Å². The van der Waals surface area contributed by atoms with Crippen molar-refractivity contribution in [2.24, 2.45) is 0 Å². The predicted octanol–water partition coefficient (Wildman–Crippen LogP) is 4.64. The highest BCUT2D eigenvalue weighted by Gasteiger charge is 2.22. The number of hydrogen-bond donors (Lipinski definition) is 1. The number of nitro groups is 1. The lowest BCUT2D eigenvalue weighted by molar-refractivity contribution is -0.385. The molecule has 0 radical (unpaired) electrons. The lowest BCUT2D eigenvalue weighted by Gasteiger charge is -2.14. The number of pyridine rings is 1. The van der Waals surface area contributed by atoms with Crippen LogP contribution in [0.1, 0.15) is 19.4 Å². The van der Waals surface area contributed by atoms with Crippen molar-refractivity contribution in [3.05, 3.63) is 52.1 Å². The van der Waals surface area contributed by atoms with Crippen molar-refractivity contribution in [1.29, 1.82) is 0 Å². The molecule has 0 aliphatic carbocycles. The molecule has 1 amide bonds.